The molecule has 1 aromatic carbocycles. The van der Waals surface area contributed by atoms with E-state index in [4.69, 9.17) is 10.2 Å². The Kier molecular flexibility index (Phi) is 3.04. The van der Waals surface area contributed by atoms with Crippen LogP contribution in [-0.4, -0.2) is 15.0 Å². The molecule has 0 unspecified atom stereocenters. The van der Waals surface area contributed by atoms with Gasteiger partial charge in [-0.2, -0.15) is 0 Å². The van der Waals surface area contributed by atoms with Crippen LogP contribution in [0.25, 0.3) is 11.3 Å². The molecule has 2 heterocycles. The van der Waals surface area contributed by atoms with Crippen LogP contribution >= 0.6 is 0 Å². The van der Waals surface area contributed by atoms with Gasteiger partial charge in [-0.3, -0.25) is 0 Å². The molecule has 3 N–H and O–H groups in total. The number of nitrogens with zero attached hydrogens (tertiary/aromatic N) is 3. The molecule has 2 aromatic heterocycles. The summed E-state index contributed by atoms with van der Waals surface area (Å²) in [5.41, 5.74) is 8.15. The van der Waals surface area contributed by atoms with Gasteiger partial charge in [-0.05, 0) is 19.1 Å². The molecule has 0 aliphatic rings. The Labute approximate surface area is 115 Å². The van der Waals surface area contributed by atoms with E-state index in [1.165, 1.54) is 6.39 Å². The zero-order valence-corrected chi connectivity index (χ0v) is 10.9. The van der Waals surface area contributed by atoms with Crippen LogP contribution < -0.4 is 11.1 Å². The van der Waals surface area contributed by atoms with Crippen molar-refractivity contribution in [1.82, 2.24) is 15.0 Å². The number of nitrogens with one attached hydrogen (secondary N) is 1. The average molecular weight is 267 g/mol. The quantitative estimate of drug-likeness (QED) is 0.758. The summed E-state index contributed by atoms with van der Waals surface area (Å²) >= 11 is 0. The molecule has 0 aliphatic heterocycles. The van der Waals surface area contributed by atoms with Crippen LogP contribution in [0.2, 0.25) is 0 Å². The number of aromatic nitrogens is 3. The number of aryl methyl sites for hydroxylation is 1. The fourth-order valence-electron chi connectivity index (χ4n) is 1.82. The zero-order valence-electron chi connectivity index (χ0n) is 10.9. The van der Waals surface area contributed by atoms with E-state index in [9.17, 15) is 0 Å². The largest absolute Gasteiger partial charge is 0.444 e. The van der Waals surface area contributed by atoms with Gasteiger partial charge in [0.1, 0.15) is 5.82 Å². The predicted molar refractivity (Wildman–Crippen MR) is 76.4 cm³/mol. The van der Waals surface area contributed by atoms with Crippen molar-refractivity contribution in [3.8, 4) is 11.3 Å². The molecule has 0 saturated heterocycles. The van der Waals surface area contributed by atoms with Crippen LogP contribution in [0.5, 0.6) is 0 Å². The molecule has 3 rings (SSSR count). The van der Waals surface area contributed by atoms with E-state index in [0.29, 0.717) is 23.1 Å². The van der Waals surface area contributed by atoms with Gasteiger partial charge in [0.25, 0.3) is 0 Å². The minimum atomic E-state index is 0.501. The lowest BCUT2D eigenvalue weighted by Gasteiger charge is -2.09. The topological polar surface area (TPSA) is 89.9 Å². The molecule has 20 heavy (non-hydrogen) atoms. The number of rotatable bonds is 3. The molecule has 0 fully saturated rings. The summed E-state index contributed by atoms with van der Waals surface area (Å²) in [6.07, 6.45) is 4.66. The maximum absolute atomic E-state index is 5.85. The lowest BCUT2D eigenvalue weighted by Crippen LogP contribution is -2.02. The number of hydrogen-bond donors (Lipinski definition) is 2. The standard InChI is InChI=1S/C14H13N5O/c1-9-17-6-12(15)14(18-9)19-11-4-2-3-10(5-11)13-7-16-8-20-13/h2-8H,15H2,1H3,(H,17,18,19). The van der Waals surface area contributed by atoms with Gasteiger partial charge in [0.15, 0.2) is 18.0 Å². The molecule has 6 heteroatoms. The van der Waals surface area contributed by atoms with Gasteiger partial charge in [-0.15, -0.1) is 0 Å². The van der Waals surface area contributed by atoms with E-state index in [0.717, 1.165) is 11.3 Å². The van der Waals surface area contributed by atoms with Crippen LogP contribution in [0, 0.1) is 6.92 Å². The number of hydrogen-bond acceptors (Lipinski definition) is 6. The summed E-state index contributed by atoms with van der Waals surface area (Å²) in [7, 11) is 0. The van der Waals surface area contributed by atoms with E-state index in [2.05, 4.69) is 20.3 Å². The first kappa shape index (κ1) is 12.2. The van der Waals surface area contributed by atoms with E-state index >= 15 is 0 Å². The minimum Gasteiger partial charge on any atom is -0.444 e. The third-order valence-corrected chi connectivity index (χ3v) is 2.78. The van der Waals surface area contributed by atoms with E-state index in [1.54, 1.807) is 12.4 Å². The Hall–Kier alpha value is -2.89. The van der Waals surface area contributed by atoms with Gasteiger partial charge >= 0.3 is 0 Å². The highest BCUT2D eigenvalue weighted by Crippen LogP contribution is 2.25. The average Bonchev–Trinajstić information content (AvgIpc) is 2.97. The molecular weight excluding hydrogens is 254 g/mol. The first-order chi connectivity index (χ1) is 9.72. The van der Waals surface area contributed by atoms with Crippen LogP contribution in [0.4, 0.5) is 17.2 Å². The molecule has 0 amide bonds. The van der Waals surface area contributed by atoms with Crippen molar-refractivity contribution >= 4 is 17.2 Å². The van der Waals surface area contributed by atoms with Gasteiger partial charge in [-0.25, -0.2) is 15.0 Å². The maximum Gasteiger partial charge on any atom is 0.181 e. The first-order valence-corrected chi connectivity index (χ1v) is 6.07. The smallest absolute Gasteiger partial charge is 0.181 e. The van der Waals surface area contributed by atoms with Crippen LogP contribution in [-0.2, 0) is 0 Å². The normalized spacial score (nSPS) is 10.4. The van der Waals surface area contributed by atoms with Gasteiger partial charge in [-0.1, -0.05) is 12.1 Å². The molecule has 0 spiro atoms. The molecule has 100 valence electrons. The molecule has 0 saturated carbocycles. The van der Waals surface area contributed by atoms with Crippen LogP contribution in [0.3, 0.4) is 0 Å². The highest BCUT2D eigenvalue weighted by Gasteiger charge is 2.05. The maximum atomic E-state index is 5.85. The summed E-state index contributed by atoms with van der Waals surface area (Å²) in [5, 5.41) is 3.18. The first-order valence-electron chi connectivity index (χ1n) is 6.07. The SMILES string of the molecule is Cc1ncc(N)c(Nc2cccc(-c3cnco3)c2)n1. The summed E-state index contributed by atoms with van der Waals surface area (Å²) < 4.78 is 5.28. The van der Waals surface area contributed by atoms with Crippen molar-refractivity contribution < 1.29 is 4.42 Å². The van der Waals surface area contributed by atoms with Crippen molar-refractivity contribution in [2.75, 3.05) is 11.1 Å². The van der Waals surface area contributed by atoms with Crippen LogP contribution in [0.15, 0.2) is 47.5 Å². The molecular formula is C14H13N5O. The monoisotopic (exact) mass is 267 g/mol. The summed E-state index contributed by atoms with van der Waals surface area (Å²) in [6.45, 7) is 1.82. The van der Waals surface area contributed by atoms with Gasteiger partial charge in [0.2, 0.25) is 0 Å². The fourth-order valence-corrected chi connectivity index (χ4v) is 1.82. The van der Waals surface area contributed by atoms with E-state index in [1.807, 2.05) is 31.2 Å². The Balaban J connectivity index is 1.91. The van der Waals surface area contributed by atoms with Crippen molar-refractivity contribution in [3.63, 3.8) is 0 Å². The van der Waals surface area contributed by atoms with Crippen molar-refractivity contribution in [3.05, 3.63) is 48.9 Å². The predicted octanol–water partition coefficient (Wildman–Crippen LogP) is 2.77. The van der Waals surface area contributed by atoms with Gasteiger partial charge in [0, 0.05) is 11.3 Å². The van der Waals surface area contributed by atoms with Crippen molar-refractivity contribution in [2.45, 2.75) is 6.92 Å². The van der Waals surface area contributed by atoms with Gasteiger partial charge in [0.05, 0.1) is 18.1 Å². The molecule has 0 aliphatic carbocycles. The highest BCUT2D eigenvalue weighted by atomic mass is 16.3. The third-order valence-electron chi connectivity index (χ3n) is 2.78. The third kappa shape index (κ3) is 2.44. The van der Waals surface area contributed by atoms with Crippen molar-refractivity contribution in [1.29, 1.82) is 0 Å². The number of anilines is 3. The second-order valence-electron chi connectivity index (χ2n) is 4.29. The Bertz CT molecular complexity index is 724. The lowest BCUT2D eigenvalue weighted by atomic mass is 10.1. The Morgan fingerprint density at radius 2 is 2.15 bits per heavy atom. The highest BCUT2D eigenvalue weighted by molar-refractivity contribution is 5.71. The minimum absolute atomic E-state index is 0.501. The summed E-state index contributed by atoms with van der Waals surface area (Å²) in [5.74, 6) is 1.96. The number of nitrogens with two attached hydrogens (primary N) is 1. The summed E-state index contributed by atoms with van der Waals surface area (Å²) in [4.78, 5) is 12.2. The second-order valence-corrected chi connectivity index (χ2v) is 4.29. The second kappa shape index (κ2) is 5.00. The molecule has 6 nitrogen and oxygen atoms in total. The fraction of sp³-hybridized carbons (Fsp3) is 0.0714. The van der Waals surface area contributed by atoms with Gasteiger partial charge < -0.3 is 15.5 Å². The Morgan fingerprint density at radius 3 is 2.95 bits per heavy atom. The number of nitrogen functional groups attached to an aromatic ring is 1. The zero-order chi connectivity index (χ0) is 13.9. The molecule has 0 atom stereocenters. The summed E-state index contributed by atoms with van der Waals surface area (Å²) in [6, 6.07) is 7.73. The molecule has 3 aromatic rings. The number of benzene rings is 1. The van der Waals surface area contributed by atoms with Crippen molar-refractivity contribution in [2.24, 2.45) is 0 Å². The lowest BCUT2D eigenvalue weighted by molar-refractivity contribution is 0.572. The van der Waals surface area contributed by atoms with E-state index < -0.39 is 0 Å². The molecule has 0 bridgehead atoms. The van der Waals surface area contributed by atoms with Crippen LogP contribution in [0.1, 0.15) is 5.82 Å². The van der Waals surface area contributed by atoms with E-state index in [-0.39, 0.29) is 0 Å². The Morgan fingerprint density at radius 1 is 1.25 bits per heavy atom. The number of oxazole rings is 1. The molecule has 0 radical (unpaired) electrons.